The molecule has 0 aliphatic carbocycles. The summed E-state index contributed by atoms with van der Waals surface area (Å²) < 4.78 is 7.53. The summed E-state index contributed by atoms with van der Waals surface area (Å²) in [6.07, 6.45) is 6.87. The number of aliphatic hydroxyl groups excluding tert-OH is 1. The molecule has 13 heteroatoms. The summed E-state index contributed by atoms with van der Waals surface area (Å²) in [6, 6.07) is 5.54. The third-order valence-electron chi connectivity index (χ3n) is 6.72. The van der Waals surface area contributed by atoms with Gasteiger partial charge in [0.05, 0.1) is 23.3 Å². The molecule has 0 saturated carbocycles. The van der Waals surface area contributed by atoms with Gasteiger partial charge in [-0.05, 0) is 37.8 Å². The van der Waals surface area contributed by atoms with Crippen molar-refractivity contribution < 1.29 is 24.4 Å². The number of esters is 1. The number of ether oxygens (including phenoxy) is 1. The number of carbonyl (C=O) groups excluding carboxylic acids is 2. The van der Waals surface area contributed by atoms with Crippen molar-refractivity contribution in [3.63, 3.8) is 0 Å². The normalized spacial score (nSPS) is 21.8. The van der Waals surface area contributed by atoms with E-state index in [9.17, 15) is 24.8 Å². The number of benzene rings is 1. The minimum Gasteiger partial charge on any atom is -0.409 e. The van der Waals surface area contributed by atoms with Crippen molar-refractivity contribution in [3.8, 4) is 5.06 Å². The van der Waals surface area contributed by atoms with Crippen molar-refractivity contribution in [3.05, 3.63) is 57.9 Å². The highest BCUT2D eigenvalue weighted by molar-refractivity contribution is 7.99. The number of amides is 1. The third kappa shape index (κ3) is 3.72. The number of thiazole rings is 1. The van der Waals surface area contributed by atoms with Crippen LogP contribution in [0.15, 0.2) is 52.4 Å². The zero-order valence-corrected chi connectivity index (χ0v) is 22.0. The van der Waals surface area contributed by atoms with E-state index in [1.54, 1.807) is 31.3 Å². The van der Waals surface area contributed by atoms with Crippen molar-refractivity contribution in [2.24, 2.45) is 5.41 Å². The number of nitrogens with zero attached hydrogens (tertiary/aromatic N) is 4. The molecule has 1 saturated heterocycles. The smallest absolute Gasteiger partial charge is 0.360 e. The fourth-order valence-corrected chi connectivity index (χ4v) is 7.22. The summed E-state index contributed by atoms with van der Waals surface area (Å²) in [5.74, 6) is -0.992. The second-order valence-electron chi connectivity index (χ2n) is 8.56. The van der Waals surface area contributed by atoms with Gasteiger partial charge in [0.1, 0.15) is 21.0 Å². The van der Waals surface area contributed by atoms with Crippen molar-refractivity contribution in [2.45, 2.75) is 42.1 Å². The number of hydrogen-bond donors (Lipinski definition) is 1. The Balaban J connectivity index is 1.34. The lowest BCUT2D eigenvalue weighted by Crippen LogP contribution is -2.71. The summed E-state index contributed by atoms with van der Waals surface area (Å²) in [4.78, 5) is 43.8. The predicted octanol–water partition coefficient (Wildman–Crippen LogP) is 3.76. The largest absolute Gasteiger partial charge is 0.409 e. The summed E-state index contributed by atoms with van der Waals surface area (Å²) >= 11 is 4.31. The number of β-lactam (4-membered cyclic amide) rings is 1. The molecule has 0 unspecified atom stereocenters. The average Bonchev–Trinajstić information content (AvgIpc) is 3.54. The number of imidazole rings is 1. The Hall–Kier alpha value is -2.87. The Morgan fingerprint density at radius 2 is 2.08 bits per heavy atom. The first-order valence-corrected chi connectivity index (χ1v) is 14.2. The third-order valence-corrected chi connectivity index (χ3v) is 9.15. The van der Waals surface area contributed by atoms with E-state index in [-0.39, 0.29) is 23.7 Å². The minimum atomic E-state index is -1.12. The van der Waals surface area contributed by atoms with E-state index >= 15 is 0 Å². The van der Waals surface area contributed by atoms with Crippen LogP contribution in [0.3, 0.4) is 0 Å². The number of nitro benzene ring substituents is 1. The molecule has 36 heavy (non-hydrogen) atoms. The summed E-state index contributed by atoms with van der Waals surface area (Å²) in [7, 11) is 0. The van der Waals surface area contributed by atoms with E-state index in [2.05, 4.69) is 4.98 Å². The molecular weight excluding hydrogens is 524 g/mol. The molecule has 2 aliphatic heterocycles. The second-order valence-corrected chi connectivity index (χ2v) is 11.1. The molecule has 2 aromatic heterocycles. The number of aromatic nitrogens is 2. The fraction of sp³-hybridized carbons (Fsp3) is 0.348. The summed E-state index contributed by atoms with van der Waals surface area (Å²) in [6.45, 7) is 1.56. The number of nitro groups is 1. The molecule has 1 fully saturated rings. The molecule has 3 aromatic rings. The zero-order valence-electron chi connectivity index (χ0n) is 19.5. The number of non-ortho nitro benzene ring substituents is 1. The van der Waals surface area contributed by atoms with Crippen molar-refractivity contribution in [1.82, 2.24) is 14.3 Å². The number of fused-ring (bicyclic) bond motifs is 2. The highest BCUT2D eigenvalue weighted by atomic mass is 32.2. The molecule has 2 aliphatic rings. The lowest BCUT2D eigenvalue weighted by atomic mass is 9.63. The van der Waals surface area contributed by atoms with Crippen LogP contribution in [0.2, 0.25) is 0 Å². The second kappa shape index (κ2) is 9.21. The highest BCUT2D eigenvalue weighted by Gasteiger charge is 2.66. The van der Waals surface area contributed by atoms with Crippen LogP contribution in [0.1, 0.15) is 18.9 Å². The summed E-state index contributed by atoms with van der Waals surface area (Å²) in [5.41, 5.74) is -0.311. The van der Waals surface area contributed by atoms with Gasteiger partial charge in [-0.1, -0.05) is 41.3 Å². The van der Waals surface area contributed by atoms with Crippen LogP contribution in [0.25, 0.3) is 4.83 Å². The van der Waals surface area contributed by atoms with Crippen LogP contribution in [0, 0.1) is 15.5 Å². The monoisotopic (exact) mass is 546 g/mol. The highest BCUT2D eigenvalue weighted by Crippen LogP contribution is 2.52. The average molecular weight is 547 g/mol. The molecular formula is C23H22N4O6S3. The predicted molar refractivity (Wildman–Crippen MR) is 137 cm³/mol. The SMILES string of the molecule is CSc1nc(SC)n2cc(OC(=O)C3=CC[C@H]4N3C(=O)[C@]4(Cc3ccc([N+](=O)[O-])cc3)[C@@H](C)O)sc12. The van der Waals surface area contributed by atoms with E-state index in [1.165, 1.54) is 51.9 Å². The molecule has 4 heterocycles. The van der Waals surface area contributed by atoms with E-state index in [4.69, 9.17) is 4.74 Å². The molecule has 0 spiro atoms. The maximum atomic E-state index is 13.4. The van der Waals surface area contributed by atoms with Crippen molar-refractivity contribution >= 4 is 57.3 Å². The van der Waals surface area contributed by atoms with Crippen LogP contribution < -0.4 is 4.74 Å². The Labute approximate surface area is 218 Å². The van der Waals surface area contributed by atoms with Gasteiger partial charge < -0.3 is 14.7 Å². The van der Waals surface area contributed by atoms with Crippen LogP contribution in [0.4, 0.5) is 5.69 Å². The van der Waals surface area contributed by atoms with Crippen LogP contribution in [-0.4, -0.2) is 60.8 Å². The Kier molecular flexibility index (Phi) is 6.35. The first-order chi connectivity index (χ1) is 17.2. The Bertz CT molecular complexity index is 1380. The Morgan fingerprint density at radius 1 is 1.36 bits per heavy atom. The van der Waals surface area contributed by atoms with Gasteiger partial charge in [0.2, 0.25) is 11.0 Å². The lowest BCUT2D eigenvalue weighted by Gasteiger charge is -2.55. The number of aliphatic hydroxyl groups is 1. The van der Waals surface area contributed by atoms with Gasteiger partial charge in [0.25, 0.3) is 5.69 Å². The van der Waals surface area contributed by atoms with Gasteiger partial charge in [0.15, 0.2) is 5.16 Å². The van der Waals surface area contributed by atoms with E-state index in [1.807, 2.05) is 16.9 Å². The summed E-state index contributed by atoms with van der Waals surface area (Å²) in [5, 5.41) is 23.6. The first kappa shape index (κ1) is 24.8. The Morgan fingerprint density at radius 3 is 2.69 bits per heavy atom. The molecule has 1 amide bonds. The molecule has 188 valence electrons. The topological polar surface area (TPSA) is 127 Å². The standard InChI is InChI=1S/C23H22N4O6S3/c1-12(28)23(10-13-4-6-14(7-5-13)27(31)32)16-9-8-15(26(16)21(23)30)20(29)33-17-11-25-19(36-17)18(34-2)24-22(25)35-3/h4-8,11-12,16,28H,9-10H2,1-3H3/t12-,16-,23-/m1/s1. The number of thioether (sulfide) groups is 2. The van der Waals surface area contributed by atoms with Crippen molar-refractivity contribution in [2.75, 3.05) is 12.5 Å². The van der Waals surface area contributed by atoms with Crippen LogP contribution in [0.5, 0.6) is 5.06 Å². The van der Waals surface area contributed by atoms with Gasteiger partial charge in [0, 0.05) is 12.1 Å². The number of hydrogen-bond acceptors (Lipinski definition) is 10. The van der Waals surface area contributed by atoms with Gasteiger partial charge in [-0.15, -0.1) is 11.8 Å². The number of carbonyl (C=O) groups is 2. The molecule has 3 atom stereocenters. The molecule has 1 N–H and O–H groups in total. The molecule has 1 aromatic carbocycles. The maximum absolute atomic E-state index is 13.4. The van der Waals surface area contributed by atoms with E-state index < -0.39 is 28.5 Å². The van der Waals surface area contributed by atoms with Crippen molar-refractivity contribution in [1.29, 1.82) is 0 Å². The van der Waals surface area contributed by atoms with E-state index in [0.717, 1.165) is 15.0 Å². The van der Waals surface area contributed by atoms with Gasteiger partial charge in [-0.25, -0.2) is 9.78 Å². The molecule has 0 bridgehead atoms. The molecule has 0 radical (unpaired) electrons. The minimum absolute atomic E-state index is 0.0464. The molecule has 10 nitrogen and oxygen atoms in total. The zero-order chi connectivity index (χ0) is 25.8. The number of rotatable bonds is 8. The van der Waals surface area contributed by atoms with Gasteiger partial charge >= 0.3 is 5.97 Å². The van der Waals surface area contributed by atoms with Crippen LogP contribution >= 0.6 is 34.9 Å². The lowest BCUT2D eigenvalue weighted by molar-refractivity contribution is -0.384. The maximum Gasteiger partial charge on any atom is 0.360 e. The first-order valence-electron chi connectivity index (χ1n) is 11.0. The molecule has 5 rings (SSSR count). The quantitative estimate of drug-likeness (QED) is 0.148. The fourth-order valence-electron chi connectivity index (χ4n) is 4.92. The van der Waals surface area contributed by atoms with Crippen LogP contribution in [-0.2, 0) is 16.0 Å². The van der Waals surface area contributed by atoms with Gasteiger partial charge in [-0.2, -0.15) is 0 Å². The van der Waals surface area contributed by atoms with E-state index in [0.29, 0.717) is 17.0 Å². The van der Waals surface area contributed by atoms with Gasteiger partial charge in [-0.3, -0.25) is 19.3 Å².